The molecule has 1 N–H and O–H groups in total. The first-order valence-electron chi connectivity index (χ1n) is 6.16. The summed E-state index contributed by atoms with van der Waals surface area (Å²) in [4.78, 5) is 0. The van der Waals surface area contributed by atoms with Gasteiger partial charge in [-0.05, 0) is 5.41 Å². The Morgan fingerprint density at radius 1 is 1.28 bits per heavy atom. The lowest BCUT2D eigenvalue weighted by Gasteiger charge is -2.47. The van der Waals surface area contributed by atoms with Crippen molar-refractivity contribution in [2.45, 2.75) is 45.8 Å². The zero-order chi connectivity index (χ0) is 14.2. The van der Waals surface area contributed by atoms with Crippen LogP contribution in [-0.2, 0) is 13.6 Å². The van der Waals surface area contributed by atoms with Crippen LogP contribution < -0.4 is 5.32 Å². The van der Waals surface area contributed by atoms with Gasteiger partial charge in [0.2, 0.25) is 0 Å². The third kappa shape index (κ3) is 3.31. The van der Waals surface area contributed by atoms with Crippen molar-refractivity contribution in [2.75, 3.05) is 20.0 Å². The molecule has 0 bridgehead atoms. The molecule has 1 heterocycles. The molecule has 18 heavy (non-hydrogen) atoms. The number of thioether (sulfide) groups is 1. The van der Waals surface area contributed by atoms with Gasteiger partial charge in [0.05, 0.1) is 5.37 Å². The van der Waals surface area contributed by atoms with Crippen LogP contribution in [0.25, 0.3) is 0 Å². The van der Waals surface area contributed by atoms with Crippen LogP contribution in [-0.4, -0.2) is 31.1 Å². The van der Waals surface area contributed by atoms with E-state index >= 15 is 0 Å². The van der Waals surface area contributed by atoms with Crippen molar-refractivity contribution in [3.63, 3.8) is 0 Å². The Hall–Kier alpha value is 0.460. The summed E-state index contributed by atoms with van der Waals surface area (Å²) < 4.78 is 23.0. The first kappa shape index (κ1) is 16.5. The van der Waals surface area contributed by atoms with Crippen LogP contribution in [0.4, 0.5) is 0 Å². The summed E-state index contributed by atoms with van der Waals surface area (Å²) in [5.74, 6) is 0.661. The molecular formula is C12H26NO3PS. The lowest BCUT2D eigenvalue weighted by molar-refractivity contribution is 0.198. The van der Waals surface area contributed by atoms with Crippen molar-refractivity contribution in [1.29, 1.82) is 0 Å². The monoisotopic (exact) mass is 295 g/mol. The minimum absolute atomic E-state index is 0.103. The van der Waals surface area contributed by atoms with Crippen LogP contribution in [0.1, 0.15) is 34.6 Å². The van der Waals surface area contributed by atoms with E-state index in [0.717, 1.165) is 5.75 Å². The second-order valence-electron chi connectivity index (χ2n) is 6.52. The van der Waals surface area contributed by atoms with Gasteiger partial charge in [-0.25, -0.2) is 0 Å². The number of hydrogen-bond acceptors (Lipinski definition) is 5. The maximum Gasteiger partial charge on any atom is 0.347 e. The Kier molecular flexibility index (Phi) is 5.00. The summed E-state index contributed by atoms with van der Waals surface area (Å²) >= 11 is 1.87. The second-order valence-corrected chi connectivity index (χ2v) is 9.94. The SMILES string of the molecule is COP(=O)(OC)[C@@H]1N[C@@H](C(C)(C)C)SCC1(C)C. The highest BCUT2D eigenvalue weighted by Gasteiger charge is 2.50. The van der Waals surface area contributed by atoms with Gasteiger partial charge in [0, 0.05) is 25.4 Å². The standard InChI is InChI=1S/C12H26NO3PS/c1-11(2,3)10-13-9(12(4,5)8-18-10)17(14,15-6)16-7/h9-10,13H,8H2,1-7H3/t9-,10+/m0/s1. The van der Waals surface area contributed by atoms with E-state index in [-0.39, 0.29) is 22.0 Å². The van der Waals surface area contributed by atoms with Crippen molar-refractivity contribution in [2.24, 2.45) is 10.8 Å². The quantitative estimate of drug-likeness (QED) is 0.807. The molecule has 108 valence electrons. The van der Waals surface area contributed by atoms with Crippen molar-refractivity contribution in [3.8, 4) is 0 Å². The van der Waals surface area contributed by atoms with Gasteiger partial charge in [0.1, 0.15) is 5.78 Å². The summed E-state index contributed by atoms with van der Waals surface area (Å²) in [6, 6.07) is 0. The first-order valence-corrected chi connectivity index (χ1v) is 8.82. The molecular weight excluding hydrogens is 269 g/mol. The molecule has 0 aromatic rings. The Balaban J connectivity index is 3.01. The zero-order valence-electron chi connectivity index (χ0n) is 12.4. The Morgan fingerprint density at radius 2 is 1.78 bits per heavy atom. The minimum atomic E-state index is -3.11. The highest BCUT2D eigenvalue weighted by molar-refractivity contribution is 8.00. The molecule has 0 amide bonds. The fourth-order valence-corrected chi connectivity index (χ4v) is 5.67. The fourth-order valence-electron chi connectivity index (χ4n) is 2.10. The summed E-state index contributed by atoms with van der Waals surface area (Å²) in [6.07, 6.45) is 0. The van der Waals surface area contributed by atoms with Crippen LogP contribution in [0, 0.1) is 10.8 Å². The van der Waals surface area contributed by atoms with E-state index < -0.39 is 7.60 Å². The van der Waals surface area contributed by atoms with Crippen molar-refractivity contribution in [1.82, 2.24) is 5.32 Å². The minimum Gasteiger partial charge on any atom is -0.311 e. The van der Waals surface area contributed by atoms with Crippen molar-refractivity contribution < 1.29 is 13.6 Å². The predicted molar refractivity (Wildman–Crippen MR) is 78.0 cm³/mol. The van der Waals surface area contributed by atoms with E-state index in [1.54, 1.807) is 0 Å². The summed E-state index contributed by atoms with van der Waals surface area (Å²) in [6.45, 7) is 10.7. The van der Waals surface area contributed by atoms with Gasteiger partial charge in [-0.3, -0.25) is 9.88 Å². The molecule has 1 rings (SSSR count). The summed E-state index contributed by atoms with van der Waals surface area (Å²) in [5.41, 5.74) is -0.0281. The Labute approximate surface area is 115 Å². The number of rotatable bonds is 3. The van der Waals surface area contributed by atoms with E-state index in [0.29, 0.717) is 0 Å². The molecule has 4 nitrogen and oxygen atoms in total. The van der Waals surface area contributed by atoms with E-state index in [2.05, 4.69) is 39.9 Å². The second kappa shape index (κ2) is 5.45. The molecule has 2 atom stereocenters. The van der Waals surface area contributed by atoms with Gasteiger partial charge < -0.3 is 9.05 Å². The van der Waals surface area contributed by atoms with Gasteiger partial charge in [-0.1, -0.05) is 34.6 Å². The first-order chi connectivity index (χ1) is 8.07. The lowest BCUT2D eigenvalue weighted by atomic mass is 9.92. The molecule has 0 spiro atoms. The normalized spacial score (nSPS) is 29.3. The van der Waals surface area contributed by atoms with E-state index in [9.17, 15) is 4.57 Å². The van der Waals surface area contributed by atoms with E-state index in [1.807, 2.05) is 11.8 Å². The van der Waals surface area contributed by atoms with Crippen molar-refractivity contribution >= 4 is 19.4 Å². The molecule has 0 aliphatic carbocycles. The molecule has 0 aromatic carbocycles. The van der Waals surface area contributed by atoms with Crippen LogP contribution in [0.2, 0.25) is 0 Å². The van der Waals surface area contributed by atoms with Crippen LogP contribution in [0.5, 0.6) is 0 Å². The average molecular weight is 295 g/mol. The lowest BCUT2D eigenvalue weighted by Crippen LogP contribution is -2.55. The number of hydrogen-bond donors (Lipinski definition) is 1. The predicted octanol–water partition coefficient (Wildman–Crippen LogP) is 3.53. The molecule has 0 unspecified atom stereocenters. The van der Waals surface area contributed by atoms with Gasteiger partial charge in [0.15, 0.2) is 0 Å². The maximum absolute atomic E-state index is 12.7. The molecule has 0 aromatic heterocycles. The van der Waals surface area contributed by atoms with Crippen LogP contribution in [0.15, 0.2) is 0 Å². The van der Waals surface area contributed by atoms with Crippen molar-refractivity contribution in [3.05, 3.63) is 0 Å². The topological polar surface area (TPSA) is 47.6 Å². The average Bonchev–Trinajstić information content (AvgIpc) is 2.26. The highest BCUT2D eigenvalue weighted by Crippen LogP contribution is 2.59. The van der Waals surface area contributed by atoms with Gasteiger partial charge in [0.25, 0.3) is 0 Å². The molecule has 1 aliphatic rings. The fraction of sp³-hybridized carbons (Fsp3) is 1.00. The zero-order valence-corrected chi connectivity index (χ0v) is 14.2. The van der Waals surface area contributed by atoms with E-state index in [1.165, 1.54) is 14.2 Å². The van der Waals surface area contributed by atoms with Crippen LogP contribution in [0.3, 0.4) is 0 Å². The molecule has 0 saturated carbocycles. The highest BCUT2D eigenvalue weighted by atomic mass is 32.2. The molecule has 0 radical (unpaired) electrons. The third-order valence-corrected chi connectivity index (χ3v) is 7.87. The molecule has 6 heteroatoms. The molecule has 1 saturated heterocycles. The van der Waals surface area contributed by atoms with Gasteiger partial charge >= 0.3 is 7.60 Å². The number of nitrogens with one attached hydrogen (secondary N) is 1. The van der Waals surface area contributed by atoms with Crippen LogP contribution >= 0.6 is 19.4 Å². The van der Waals surface area contributed by atoms with Gasteiger partial charge in [-0.2, -0.15) is 0 Å². The maximum atomic E-state index is 12.7. The largest absolute Gasteiger partial charge is 0.347 e. The van der Waals surface area contributed by atoms with E-state index in [4.69, 9.17) is 9.05 Å². The van der Waals surface area contributed by atoms with Gasteiger partial charge in [-0.15, -0.1) is 11.8 Å². The summed E-state index contributed by atoms with van der Waals surface area (Å²) in [7, 11) is -0.201. The molecule has 1 aliphatic heterocycles. The smallest absolute Gasteiger partial charge is 0.311 e. The summed E-state index contributed by atoms with van der Waals surface area (Å²) in [5, 5.41) is 3.72. The Morgan fingerprint density at radius 3 is 2.17 bits per heavy atom. The molecule has 1 fully saturated rings. The third-order valence-electron chi connectivity index (χ3n) is 3.28. The Bertz CT molecular complexity index is 333.